The van der Waals surface area contributed by atoms with Crippen molar-refractivity contribution in [1.82, 2.24) is 10.2 Å². The molecule has 4 fully saturated rings. The van der Waals surface area contributed by atoms with Gasteiger partial charge >= 0.3 is 17.9 Å². The maximum atomic E-state index is 14.2. The van der Waals surface area contributed by atoms with Crippen LogP contribution >= 0.6 is 11.6 Å². The van der Waals surface area contributed by atoms with E-state index in [2.05, 4.69) is 17.1 Å². The number of likely N-dealkylation sites (tertiary alicyclic amines) is 1. The van der Waals surface area contributed by atoms with Gasteiger partial charge in [0.05, 0.1) is 17.8 Å². The lowest BCUT2D eigenvalue weighted by Crippen LogP contribution is -2.66. The summed E-state index contributed by atoms with van der Waals surface area (Å²) in [6.45, 7) is 8.00. The number of nitrogens with zero attached hydrogens (tertiary/aromatic N) is 2. The second-order valence-corrected chi connectivity index (χ2v) is 16.8. The van der Waals surface area contributed by atoms with E-state index in [9.17, 15) is 24.6 Å². The topological polar surface area (TPSA) is 147 Å². The van der Waals surface area contributed by atoms with Crippen molar-refractivity contribution in [3.63, 3.8) is 0 Å². The third-order valence-electron chi connectivity index (χ3n) is 13.4. The Morgan fingerprint density at radius 2 is 1.87 bits per heavy atom. The highest BCUT2D eigenvalue weighted by Crippen LogP contribution is 2.54. The number of benzene rings is 1. The van der Waals surface area contributed by atoms with Gasteiger partial charge in [-0.25, -0.2) is 0 Å². The first-order valence-electron chi connectivity index (χ1n) is 19.0. The summed E-state index contributed by atoms with van der Waals surface area (Å²) >= 11 is 6.48. The Bertz CT molecular complexity index is 1610. The second-order valence-electron chi connectivity index (χ2n) is 16.4. The number of rotatable bonds is 7. The summed E-state index contributed by atoms with van der Waals surface area (Å²) in [5, 5.41) is 29.9. The maximum absolute atomic E-state index is 14.2. The molecular formula is C39H54ClN3O9. The molecule has 1 aromatic rings. The molecule has 6 aliphatic rings. The van der Waals surface area contributed by atoms with Gasteiger partial charge in [-0.3, -0.25) is 34.5 Å². The normalized spacial score (nSPS) is 40.4. The van der Waals surface area contributed by atoms with Gasteiger partial charge in [0, 0.05) is 44.5 Å². The van der Waals surface area contributed by atoms with Crippen LogP contribution in [0.5, 0.6) is 0 Å². The number of para-hydroxylation sites is 1. The third-order valence-corrected chi connectivity index (χ3v) is 13.7. The fourth-order valence-electron chi connectivity index (χ4n) is 10.8. The van der Waals surface area contributed by atoms with E-state index in [1.54, 1.807) is 25.2 Å². The highest BCUT2D eigenvalue weighted by Gasteiger charge is 2.62. The molecule has 0 aromatic heterocycles. The minimum Gasteiger partial charge on any atom is -0.468 e. The van der Waals surface area contributed by atoms with Crippen LogP contribution in [0.1, 0.15) is 84.6 Å². The van der Waals surface area contributed by atoms with Gasteiger partial charge in [0.1, 0.15) is 23.3 Å². The summed E-state index contributed by atoms with van der Waals surface area (Å²) in [6.07, 6.45) is 5.63. The molecule has 7 rings (SSSR count). The fraction of sp³-hybridized carbons (Fsp3) is 0.718. The number of esters is 3. The standard InChI is InChI=1S/C39H54ClN3O9/c1-20-16-27-25(21(2)19-43-30-13-8-7-10-24(30)17-31(43)36(46)49-6)15-14-22(3)39(27,48)34(33(20)50-23(4)44)51-35(45)29-18-38(47)26-11-9-12-28(40)32(26)42(5)52-37(38)41-29/h9,11-12,16,21-22,24-25,27,29-31,33-34,37,41,47-48H,7-8,10,13-15,17-19H2,1-6H3/t21?,22-,24?,25+,27-,29+,30?,31?,33-,34+,37+,38+,39-/m1/s1. The minimum absolute atomic E-state index is 0.00468. The van der Waals surface area contributed by atoms with Gasteiger partial charge in [-0.05, 0) is 74.3 Å². The van der Waals surface area contributed by atoms with Gasteiger partial charge in [-0.1, -0.05) is 56.5 Å². The van der Waals surface area contributed by atoms with Crippen LogP contribution in [0.3, 0.4) is 0 Å². The van der Waals surface area contributed by atoms with Crippen molar-refractivity contribution < 1.29 is 43.6 Å². The largest absolute Gasteiger partial charge is 0.468 e. The Hall–Kier alpha value is -2.74. The number of hydroxylamine groups is 1. The molecule has 0 amide bonds. The molecule has 13 atom stereocenters. The average Bonchev–Trinajstić information content (AvgIpc) is 3.65. The average molecular weight is 744 g/mol. The molecule has 3 heterocycles. The molecule has 12 nitrogen and oxygen atoms in total. The summed E-state index contributed by atoms with van der Waals surface area (Å²) in [5.41, 5.74) is -1.40. The third kappa shape index (κ3) is 6.15. The molecule has 3 aliphatic carbocycles. The van der Waals surface area contributed by atoms with E-state index in [0.717, 1.165) is 32.1 Å². The van der Waals surface area contributed by atoms with Crippen molar-refractivity contribution in [1.29, 1.82) is 0 Å². The Balaban J connectivity index is 1.16. The lowest BCUT2D eigenvalue weighted by Gasteiger charge is -2.56. The van der Waals surface area contributed by atoms with Crippen molar-refractivity contribution in [3.05, 3.63) is 40.4 Å². The summed E-state index contributed by atoms with van der Waals surface area (Å²) < 4.78 is 17.4. The van der Waals surface area contributed by atoms with Crippen molar-refractivity contribution in [3.8, 4) is 0 Å². The van der Waals surface area contributed by atoms with Crippen LogP contribution in [0.15, 0.2) is 29.8 Å². The number of aliphatic hydroxyl groups is 2. The first-order chi connectivity index (χ1) is 24.7. The van der Waals surface area contributed by atoms with Gasteiger partial charge in [-0.15, -0.1) is 0 Å². The zero-order valence-electron chi connectivity index (χ0n) is 31.0. The molecule has 2 saturated carbocycles. The molecule has 3 aliphatic heterocycles. The summed E-state index contributed by atoms with van der Waals surface area (Å²) in [6, 6.07) is 4.26. The van der Waals surface area contributed by atoms with E-state index in [0.29, 0.717) is 46.8 Å². The van der Waals surface area contributed by atoms with Crippen LogP contribution in [0.2, 0.25) is 5.02 Å². The lowest BCUT2D eigenvalue weighted by atomic mass is 9.55. The number of fused-ring (bicyclic) bond motifs is 5. The highest BCUT2D eigenvalue weighted by molar-refractivity contribution is 6.33. The van der Waals surface area contributed by atoms with Crippen molar-refractivity contribution in [2.24, 2.45) is 29.6 Å². The Labute approximate surface area is 311 Å². The molecule has 1 aromatic carbocycles. The quantitative estimate of drug-likeness (QED) is 0.209. The predicted octanol–water partition coefficient (Wildman–Crippen LogP) is 4.24. The van der Waals surface area contributed by atoms with E-state index in [1.165, 1.54) is 25.5 Å². The molecule has 0 spiro atoms. The van der Waals surface area contributed by atoms with Crippen LogP contribution in [-0.4, -0.2) is 95.9 Å². The monoisotopic (exact) mass is 743 g/mol. The number of methoxy groups -OCH3 is 1. The predicted molar refractivity (Wildman–Crippen MR) is 192 cm³/mol. The van der Waals surface area contributed by atoms with Gasteiger partial charge in [0.2, 0.25) is 0 Å². The first-order valence-corrected chi connectivity index (χ1v) is 19.4. The van der Waals surface area contributed by atoms with Crippen LogP contribution < -0.4 is 10.4 Å². The van der Waals surface area contributed by atoms with E-state index in [1.807, 2.05) is 19.9 Å². The summed E-state index contributed by atoms with van der Waals surface area (Å²) in [7, 11) is 3.14. The Kier molecular flexibility index (Phi) is 10.2. The van der Waals surface area contributed by atoms with Crippen molar-refractivity contribution >= 4 is 35.2 Å². The lowest BCUT2D eigenvalue weighted by molar-refractivity contribution is -0.225. The van der Waals surface area contributed by atoms with Crippen LogP contribution in [-0.2, 0) is 39.0 Å². The highest BCUT2D eigenvalue weighted by atomic mass is 35.5. The van der Waals surface area contributed by atoms with Crippen molar-refractivity contribution in [2.45, 2.75) is 127 Å². The van der Waals surface area contributed by atoms with E-state index < -0.39 is 53.5 Å². The molecule has 0 radical (unpaired) electrons. The van der Waals surface area contributed by atoms with E-state index in [-0.39, 0.29) is 36.2 Å². The van der Waals surface area contributed by atoms with E-state index >= 15 is 0 Å². The van der Waals surface area contributed by atoms with Crippen LogP contribution in [0.25, 0.3) is 0 Å². The number of nitrogens with one attached hydrogen (secondary N) is 1. The molecule has 286 valence electrons. The maximum Gasteiger partial charge on any atom is 0.323 e. The smallest absolute Gasteiger partial charge is 0.323 e. The summed E-state index contributed by atoms with van der Waals surface area (Å²) in [4.78, 5) is 48.1. The number of carbonyl (C=O) groups excluding carboxylic acids is 3. The first kappa shape index (κ1) is 37.6. The van der Waals surface area contributed by atoms with Gasteiger partial charge < -0.3 is 24.4 Å². The molecular weight excluding hydrogens is 690 g/mol. The van der Waals surface area contributed by atoms with E-state index in [4.69, 9.17) is 30.6 Å². The number of carbonyl (C=O) groups is 3. The molecule has 0 bridgehead atoms. The Morgan fingerprint density at radius 3 is 2.60 bits per heavy atom. The number of ether oxygens (including phenoxy) is 3. The van der Waals surface area contributed by atoms with Gasteiger partial charge in [0.25, 0.3) is 0 Å². The molecule has 2 saturated heterocycles. The zero-order chi connectivity index (χ0) is 37.3. The number of hydrogen-bond donors (Lipinski definition) is 3. The van der Waals surface area contributed by atoms with Crippen molar-refractivity contribution in [2.75, 3.05) is 25.8 Å². The van der Waals surface area contributed by atoms with Crippen LogP contribution in [0.4, 0.5) is 5.69 Å². The fourth-order valence-corrected chi connectivity index (χ4v) is 11.1. The SMILES string of the molecule is COC(=O)C1CC2CCCCC2N1CC(C)[C@@H]1CC[C@@H](C)[C@@]2(O)[C@@H]1C=C(C)[C@@H](OC(C)=O)[C@@H]2OC(=O)[C@@H]1C[C@]2(O)c3cccc(Cl)c3N(C)O[C@@H]2N1. The molecule has 3 N–H and O–H groups in total. The summed E-state index contributed by atoms with van der Waals surface area (Å²) in [5.74, 6) is -1.59. The molecule has 4 unspecified atom stereocenters. The Morgan fingerprint density at radius 1 is 1.12 bits per heavy atom. The zero-order valence-corrected chi connectivity index (χ0v) is 31.8. The number of halogens is 1. The van der Waals surface area contributed by atoms with Crippen LogP contribution in [0, 0.1) is 29.6 Å². The second kappa shape index (κ2) is 14.2. The number of hydrogen-bond acceptors (Lipinski definition) is 12. The minimum atomic E-state index is -1.58. The van der Waals surface area contributed by atoms with Gasteiger partial charge in [-0.2, -0.15) is 0 Å². The van der Waals surface area contributed by atoms with Gasteiger partial charge in [0.15, 0.2) is 18.4 Å². The number of anilines is 1. The molecule has 13 heteroatoms. The molecule has 52 heavy (non-hydrogen) atoms.